The number of hydrogen-bond acceptors (Lipinski definition) is 4. The number of aliphatic carboxylic acids is 1. The van der Waals surface area contributed by atoms with Crippen LogP contribution in [0.1, 0.15) is 35.4 Å². The molecule has 148 valence electrons. The molecule has 0 bridgehead atoms. The van der Waals surface area contributed by atoms with Crippen molar-refractivity contribution in [2.45, 2.75) is 37.9 Å². The van der Waals surface area contributed by atoms with Gasteiger partial charge in [0.1, 0.15) is 5.82 Å². The van der Waals surface area contributed by atoms with Gasteiger partial charge in [0.05, 0.1) is 5.92 Å². The SMILES string of the molecule is NCCc1ccccc1-c1cc2c(cc1F)C[C@H](CCCB(O)O)[C@@H]2C(=O)O. The molecule has 28 heavy (non-hydrogen) atoms. The minimum atomic E-state index is -1.39. The molecule has 0 saturated heterocycles. The van der Waals surface area contributed by atoms with E-state index in [0.717, 1.165) is 16.7 Å². The highest BCUT2D eigenvalue weighted by atomic mass is 19.1. The van der Waals surface area contributed by atoms with E-state index < -0.39 is 19.0 Å². The number of rotatable bonds is 8. The largest absolute Gasteiger partial charge is 0.481 e. The molecule has 0 spiro atoms. The zero-order chi connectivity index (χ0) is 20.3. The van der Waals surface area contributed by atoms with Crippen LogP contribution in [0.25, 0.3) is 11.1 Å². The fourth-order valence-corrected chi connectivity index (χ4v) is 4.28. The van der Waals surface area contributed by atoms with Crippen molar-refractivity contribution in [1.82, 2.24) is 0 Å². The molecular weight excluding hydrogens is 360 g/mol. The van der Waals surface area contributed by atoms with Gasteiger partial charge in [0, 0.05) is 5.56 Å². The normalized spacial score (nSPS) is 18.1. The number of carbonyl (C=O) groups is 1. The lowest BCUT2D eigenvalue weighted by atomic mass is 9.80. The Hall–Kier alpha value is -2.22. The van der Waals surface area contributed by atoms with Crippen LogP contribution in [0.3, 0.4) is 0 Å². The molecule has 1 aliphatic carbocycles. The first-order chi connectivity index (χ1) is 13.4. The summed E-state index contributed by atoms with van der Waals surface area (Å²) in [5.74, 6) is -2.19. The molecular formula is C21H25BFNO4. The van der Waals surface area contributed by atoms with E-state index in [2.05, 4.69) is 0 Å². The van der Waals surface area contributed by atoms with Crippen molar-refractivity contribution in [2.24, 2.45) is 11.7 Å². The average Bonchev–Trinajstić information content (AvgIpc) is 2.98. The number of hydrogen-bond donors (Lipinski definition) is 4. The topological polar surface area (TPSA) is 104 Å². The average molecular weight is 385 g/mol. The van der Waals surface area contributed by atoms with Crippen molar-refractivity contribution < 1.29 is 24.3 Å². The Morgan fingerprint density at radius 2 is 1.96 bits per heavy atom. The second-order valence-electron chi connectivity index (χ2n) is 7.42. The summed E-state index contributed by atoms with van der Waals surface area (Å²) in [6.45, 7) is 0.445. The Kier molecular flexibility index (Phi) is 6.49. The molecule has 0 aromatic heterocycles. The maximum absolute atomic E-state index is 14.9. The summed E-state index contributed by atoms with van der Waals surface area (Å²) in [5.41, 5.74) is 9.13. The number of carboxylic acid groups (broad SMARTS) is 1. The van der Waals surface area contributed by atoms with Crippen LogP contribution in [0.5, 0.6) is 0 Å². The van der Waals surface area contributed by atoms with Crippen molar-refractivity contribution in [3.63, 3.8) is 0 Å². The first-order valence-electron chi connectivity index (χ1n) is 9.62. The van der Waals surface area contributed by atoms with Gasteiger partial charge in [-0.25, -0.2) is 4.39 Å². The standard InChI is InChI=1S/C21H25BFNO4/c23-19-11-15-10-14(5-3-8-22(27)28)20(21(25)26)17(15)12-18(19)16-6-2-1-4-13(16)7-9-24/h1-2,4,6,11-12,14,20,27-28H,3,5,7-10,24H2,(H,25,26)/t14-,20-/m0/s1. The Balaban J connectivity index is 1.96. The van der Waals surface area contributed by atoms with E-state index >= 15 is 0 Å². The van der Waals surface area contributed by atoms with Crippen molar-refractivity contribution >= 4 is 13.1 Å². The second kappa shape index (κ2) is 8.86. The maximum Gasteiger partial charge on any atom is 0.451 e. The van der Waals surface area contributed by atoms with Crippen LogP contribution in [-0.4, -0.2) is 34.8 Å². The van der Waals surface area contributed by atoms with Gasteiger partial charge in [-0.05, 0) is 72.4 Å². The van der Waals surface area contributed by atoms with Gasteiger partial charge < -0.3 is 20.9 Å². The highest BCUT2D eigenvalue weighted by Crippen LogP contribution is 2.43. The molecule has 0 amide bonds. The predicted molar refractivity (Wildman–Crippen MR) is 106 cm³/mol. The first-order valence-corrected chi connectivity index (χ1v) is 9.62. The third-order valence-electron chi connectivity index (χ3n) is 5.54. The first kappa shape index (κ1) is 20.5. The van der Waals surface area contributed by atoms with Crippen molar-refractivity contribution in [1.29, 1.82) is 0 Å². The van der Waals surface area contributed by atoms with E-state index in [1.165, 1.54) is 6.07 Å². The molecule has 0 radical (unpaired) electrons. The fourth-order valence-electron chi connectivity index (χ4n) is 4.28. The predicted octanol–water partition coefficient (Wildman–Crippen LogP) is 2.59. The zero-order valence-corrected chi connectivity index (χ0v) is 15.6. The third kappa shape index (κ3) is 4.27. The lowest BCUT2D eigenvalue weighted by Gasteiger charge is -2.17. The molecule has 1 aliphatic rings. The number of benzene rings is 2. The van der Waals surface area contributed by atoms with Gasteiger partial charge in [0.15, 0.2) is 0 Å². The summed E-state index contributed by atoms with van der Waals surface area (Å²) in [7, 11) is -1.39. The summed E-state index contributed by atoms with van der Waals surface area (Å²) in [6.07, 6.45) is 2.35. The van der Waals surface area contributed by atoms with Gasteiger partial charge in [-0.15, -0.1) is 0 Å². The van der Waals surface area contributed by atoms with Crippen molar-refractivity contribution in [3.8, 4) is 11.1 Å². The van der Waals surface area contributed by atoms with Crippen molar-refractivity contribution in [3.05, 3.63) is 58.9 Å². The maximum atomic E-state index is 14.9. The molecule has 0 heterocycles. The van der Waals surface area contributed by atoms with E-state index in [1.54, 1.807) is 6.07 Å². The summed E-state index contributed by atoms with van der Waals surface area (Å²) >= 11 is 0. The monoisotopic (exact) mass is 385 g/mol. The lowest BCUT2D eigenvalue weighted by Crippen LogP contribution is -2.18. The van der Waals surface area contributed by atoms with Crippen LogP contribution in [-0.2, 0) is 17.6 Å². The van der Waals surface area contributed by atoms with Crippen LogP contribution < -0.4 is 5.73 Å². The minimum Gasteiger partial charge on any atom is -0.481 e. The van der Waals surface area contributed by atoms with E-state index in [0.29, 0.717) is 43.4 Å². The van der Waals surface area contributed by atoms with E-state index in [1.807, 2.05) is 24.3 Å². The Bertz CT molecular complexity index is 858. The van der Waals surface area contributed by atoms with E-state index in [4.69, 9.17) is 15.8 Å². The molecule has 5 N–H and O–H groups in total. The summed E-state index contributed by atoms with van der Waals surface area (Å²) in [5, 5.41) is 27.8. The quantitative estimate of drug-likeness (QED) is 0.523. The van der Waals surface area contributed by atoms with Gasteiger partial charge in [0.25, 0.3) is 0 Å². The fraction of sp³-hybridized carbons (Fsp3) is 0.381. The highest BCUT2D eigenvalue weighted by molar-refractivity contribution is 6.40. The Labute approximate surface area is 164 Å². The zero-order valence-electron chi connectivity index (χ0n) is 15.6. The van der Waals surface area contributed by atoms with Crippen LogP contribution >= 0.6 is 0 Å². The molecule has 2 atom stereocenters. The molecule has 3 rings (SSSR count). The third-order valence-corrected chi connectivity index (χ3v) is 5.54. The smallest absolute Gasteiger partial charge is 0.451 e. The number of carboxylic acids is 1. The van der Waals surface area contributed by atoms with Gasteiger partial charge in [-0.3, -0.25) is 4.79 Å². The molecule has 0 unspecified atom stereocenters. The van der Waals surface area contributed by atoms with Crippen molar-refractivity contribution in [2.75, 3.05) is 6.54 Å². The van der Waals surface area contributed by atoms with Crippen LogP contribution in [0.4, 0.5) is 4.39 Å². The molecule has 0 aliphatic heterocycles. The summed E-state index contributed by atoms with van der Waals surface area (Å²) in [6, 6.07) is 10.6. The molecule has 0 saturated carbocycles. The Morgan fingerprint density at radius 1 is 1.21 bits per heavy atom. The van der Waals surface area contributed by atoms with Crippen LogP contribution in [0.15, 0.2) is 36.4 Å². The molecule has 7 heteroatoms. The number of nitrogens with two attached hydrogens (primary N) is 1. The van der Waals surface area contributed by atoms with Gasteiger partial charge >= 0.3 is 13.1 Å². The molecule has 2 aromatic carbocycles. The van der Waals surface area contributed by atoms with Gasteiger partial charge in [-0.2, -0.15) is 0 Å². The summed E-state index contributed by atoms with van der Waals surface area (Å²) < 4.78 is 14.9. The van der Waals surface area contributed by atoms with E-state index in [-0.39, 0.29) is 18.1 Å². The van der Waals surface area contributed by atoms with Gasteiger partial charge in [0.2, 0.25) is 0 Å². The molecule has 5 nitrogen and oxygen atoms in total. The summed E-state index contributed by atoms with van der Waals surface area (Å²) in [4.78, 5) is 12.0. The molecule has 0 fully saturated rings. The lowest BCUT2D eigenvalue weighted by molar-refractivity contribution is -0.139. The second-order valence-corrected chi connectivity index (χ2v) is 7.42. The van der Waals surface area contributed by atoms with E-state index in [9.17, 15) is 14.3 Å². The number of fused-ring (bicyclic) bond motifs is 1. The van der Waals surface area contributed by atoms with Gasteiger partial charge in [-0.1, -0.05) is 30.7 Å². The Morgan fingerprint density at radius 3 is 2.64 bits per heavy atom. The minimum absolute atomic E-state index is 0.180. The molecule has 2 aromatic rings. The highest BCUT2D eigenvalue weighted by Gasteiger charge is 2.38. The van der Waals surface area contributed by atoms with Crippen LogP contribution in [0, 0.1) is 11.7 Å². The van der Waals surface area contributed by atoms with Crippen LogP contribution in [0.2, 0.25) is 6.32 Å². The number of halogens is 1.